The first-order valence-electron chi connectivity index (χ1n) is 8.54. The second-order valence-electron chi connectivity index (χ2n) is 6.77. The number of hydrogen-bond acceptors (Lipinski definition) is 4. The second-order valence-corrected chi connectivity index (χ2v) is 7.72. The van der Waals surface area contributed by atoms with Gasteiger partial charge in [0.05, 0.1) is 16.1 Å². The van der Waals surface area contributed by atoms with Gasteiger partial charge in [0.25, 0.3) is 5.56 Å². The maximum absolute atomic E-state index is 12.6. The van der Waals surface area contributed by atoms with Gasteiger partial charge < -0.3 is 4.98 Å². The van der Waals surface area contributed by atoms with Gasteiger partial charge in [-0.1, -0.05) is 35.4 Å². The molecule has 0 fully saturated rings. The molecule has 2 aromatic heterocycles. The topological polar surface area (TPSA) is 49.0 Å². The molecule has 3 aromatic rings. The molecular weight excluding hydrogens is 330 g/mol. The van der Waals surface area contributed by atoms with E-state index in [9.17, 15) is 4.79 Å². The Labute approximate surface area is 151 Å². The number of benzene rings is 1. The highest BCUT2D eigenvalue weighted by Gasteiger charge is 2.21. The molecule has 5 heteroatoms. The molecule has 1 aromatic carbocycles. The van der Waals surface area contributed by atoms with Crippen molar-refractivity contribution >= 4 is 11.3 Å². The van der Waals surface area contributed by atoms with Crippen molar-refractivity contribution in [3.05, 3.63) is 74.0 Å². The Hall–Kier alpha value is -2.24. The number of fused-ring (bicyclic) bond motifs is 1. The maximum atomic E-state index is 12.6. The summed E-state index contributed by atoms with van der Waals surface area (Å²) in [4.78, 5) is 23.6. The van der Waals surface area contributed by atoms with Crippen molar-refractivity contribution in [2.24, 2.45) is 0 Å². The lowest BCUT2D eigenvalue weighted by Gasteiger charge is -2.28. The number of nitrogens with one attached hydrogen (secondary N) is 1. The molecule has 4 rings (SSSR count). The van der Waals surface area contributed by atoms with Gasteiger partial charge in [0.1, 0.15) is 0 Å². The van der Waals surface area contributed by atoms with Crippen molar-refractivity contribution in [1.29, 1.82) is 0 Å². The van der Waals surface area contributed by atoms with Gasteiger partial charge >= 0.3 is 0 Å². The van der Waals surface area contributed by atoms with E-state index in [-0.39, 0.29) is 5.56 Å². The molecule has 1 N–H and O–H groups in total. The number of H-pyrrole nitrogens is 1. The average Bonchev–Trinajstić information content (AvgIpc) is 3.09. The van der Waals surface area contributed by atoms with Crippen molar-refractivity contribution in [2.75, 3.05) is 6.54 Å². The average molecular weight is 351 g/mol. The molecule has 3 heterocycles. The Balaban J connectivity index is 1.58. The van der Waals surface area contributed by atoms with Crippen LogP contribution in [0.1, 0.15) is 27.9 Å². The van der Waals surface area contributed by atoms with Crippen LogP contribution in [-0.2, 0) is 19.5 Å². The summed E-state index contributed by atoms with van der Waals surface area (Å²) in [6.07, 6.45) is 0.822. The van der Waals surface area contributed by atoms with Gasteiger partial charge in [-0.15, -0.1) is 11.3 Å². The molecule has 1 aliphatic heterocycles. The lowest BCUT2D eigenvalue weighted by molar-refractivity contribution is 0.242. The quantitative estimate of drug-likeness (QED) is 0.783. The molecule has 4 nitrogen and oxygen atoms in total. The fraction of sp³-hybridized carbons (Fsp3) is 0.300. The molecule has 0 spiro atoms. The number of aromatic amines is 1. The normalized spacial score (nSPS) is 14.5. The first kappa shape index (κ1) is 16.2. The minimum absolute atomic E-state index is 0.00137. The lowest BCUT2D eigenvalue weighted by Crippen LogP contribution is -2.35. The lowest BCUT2D eigenvalue weighted by atomic mass is 10.0. The summed E-state index contributed by atoms with van der Waals surface area (Å²) in [6.45, 7) is 6.72. The summed E-state index contributed by atoms with van der Waals surface area (Å²) in [5.74, 6) is 0.696. The third kappa shape index (κ3) is 3.43. The van der Waals surface area contributed by atoms with E-state index in [0.29, 0.717) is 12.4 Å². The fourth-order valence-corrected chi connectivity index (χ4v) is 4.23. The Morgan fingerprint density at radius 2 is 2.04 bits per heavy atom. The van der Waals surface area contributed by atoms with Crippen molar-refractivity contribution < 1.29 is 0 Å². The van der Waals surface area contributed by atoms with Gasteiger partial charge in [-0.25, -0.2) is 4.98 Å². The molecule has 0 saturated carbocycles. The van der Waals surface area contributed by atoms with Gasteiger partial charge in [-0.3, -0.25) is 9.69 Å². The highest BCUT2D eigenvalue weighted by atomic mass is 32.1. The van der Waals surface area contributed by atoms with E-state index in [2.05, 4.69) is 41.9 Å². The molecule has 0 radical (unpaired) electrons. The van der Waals surface area contributed by atoms with E-state index in [1.165, 1.54) is 16.7 Å². The van der Waals surface area contributed by atoms with Gasteiger partial charge in [0, 0.05) is 26.1 Å². The molecule has 0 saturated heterocycles. The van der Waals surface area contributed by atoms with Crippen LogP contribution in [0.4, 0.5) is 0 Å². The predicted octanol–water partition coefficient (Wildman–Crippen LogP) is 3.67. The first-order chi connectivity index (χ1) is 12.1. The summed E-state index contributed by atoms with van der Waals surface area (Å²) < 4.78 is 0. The van der Waals surface area contributed by atoms with Gasteiger partial charge in [0.15, 0.2) is 5.82 Å². The molecule has 1 aliphatic rings. The fourth-order valence-electron chi connectivity index (χ4n) is 3.56. The summed E-state index contributed by atoms with van der Waals surface area (Å²) in [6, 6.07) is 10.6. The number of aryl methyl sites for hydroxylation is 2. The summed E-state index contributed by atoms with van der Waals surface area (Å²) in [5, 5.41) is 2.00. The van der Waals surface area contributed by atoms with Crippen LogP contribution < -0.4 is 5.56 Å². The zero-order valence-corrected chi connectivity index (χ0v) is 15.3. The Morgan fingerprint density at radius 1 is 1.24 bits per heavy atom. The molecular formula is C20H21N3OS. The SMILES string of the molecule is Cc1cc(C)cc(CN2CCc3nc(-c4cccs4)[nH]c(=O)c3C2)c1. The summed E-state index contributed by atoms with van der Waals surface area (Å²) >= 11 is 1.60. The van der Waals surface area contributed by atoms with Crippen molar-refractivity contribution in [3.63, 3.8) is 0 Å². The molecule has 0 atom stereocenters. The second kappa shape index (κ2) is 6.58. The van der Waals surface area contributed by atoms with Crippen molar-refractivity contribution in [2.45, 2.75) is 33.4 Å². The van der Waals surface area contributed by atoms with E-state index in [1.807, 2.05) is 17.5 Å². The zero-order chi connectivity index (χ0) is 17.4. The first-order valence-corrected chi connectivity index (χ1v) is 9.42. The Bertz CT molecular complexity index is 939. The number of rotatable bonds is 3. The number of thiophene rings is 1. The van der Waals surface area contributed by atoms with Crippen LogP contribution in [-0.4, -0.2) is 21.4 Å². The van der Waals surface area contributed by atoms with Crippen LogP contribution in [0.2, 0.25) is 0 Å². The van der Waals surface area contributed by atoms with Crippen LogP contribution in [0.15, 0.2) is 40.5 Å². The number of nitrogens with zero attached hydrogens (tertiary/aromatic N) is 2. The van der Waals surface area contributed by atoms with E-state index in [4.69, 9.17) is 4.98 Å². The number of hydrogen-bond donors (Lipinski definition) is 1. The Morgan fingerprint density at radius 3 is 2.76 bits per heavy atom. The monoisotopic (exact) mass is 351 g/mol. The van der Waals surface area contributed by atoms with Crippen LogP contribution in [0.25, 0.3) is 10.7 Å². The van der Waals surface area contributed by atoms with Crippen LogP contribution in [0.3, 0.4) is 0 Å². The predicted molar refractivity (Wildman–Crippen MR) is 102 cm³/mol. The van der Waals surface area contributed by atoms with Crippen LogP contribution in [0.5, 0.6) is 0 Å². The van der Waals surface area contributed by atoms with Gasteiger partial charge in [0.2, 0.25) is 0 Å². The standard InChI is InChI=1S/C20H21N3OS/c1-13-8-14(2)10-15(9-13)11-23-6-5-17-16(12-23)20(24)22-19(21-17)18-4-3-7-25-18/h3-4,7-10H,5-6,11-12H2,1-2H3,(H,21,22,24). The molecule has 0 amide bonds. The summed E-state index contributed by atoms with van der Waals surface area (Å²) in [7, 11) is 0. The van der Waals surface area contributed by atoms with E-state index < -0.39 is 0 Å². The zero-order valence-electron chi connectivity index (χ0n) is 14.5. The largest absolute Gasteiger partial charge is 0.306 e. The molecule has 25 heavy (non-hydrogen) atoms. The van der Waals surface area contributed by atoms with E-state index >= 15 is 0 Å². The summed E-state index contributed by atoms with van der Waals surface area (Å²) in [5.41, 5.74) is 5.64. The minimum Gasteiger partial charge on any atom is -0.306 e. The maximum Gasteiger partial charge on any atom is 0.255 e. The Kier molecular flexibility index (Phi) is 4.27. The van der Waals surface area contributed by atoms with E-state index in [1.54, 1.807) is 11.3 Å². The van der Waals surface area contributed by atoms with Crippen molar-refractivity contribution in [1.82, 2.24) is 14.9 Å². The minimum atomic E-state index is -0.00137. The third-order valence-electron chi connectivity index (χ3n) is 4.59. The molecule has 0 aliphatic carbocycles. The molecule has 128 valence electrons. The van der Waals surface area contributed by atoms with Crippen LogP contribution >= 0.6 is 11.3 Å². The molecule has 0 unspecified atom stereocenters. The smallest absolute Gasteiger partial charge is 0.255 e. The van der Waals surface area contributed by atoms with Crippen LogP contribution in [0, 0.1) is 13.8 Å². The van der Waals surface area contributed by atoms with E-state index in [0.717, 1.165) is 35.6 Å². The third-order valence-corrected chi connectivity index (χ3v) is 5.47. The van der Waals surface area contributed by atoms with Gasteiger partial charge in [-0.2, -0.15) is 0 Å². The molecule has 0 bridgehead atoms. The number of aromatic nitrogens is 2. The highest BCUT2D eigenvalue weighted by molar-refractivity contribution is 7.13. The van der Waals surface area contributed by atoms with Crippen molar-refractivity contribution in [3.8, 4) is 10.7 Å². The van der Waals surface area contributed by atoms with Gasteiger partial charge in [-0.05, 0) is 30.9 Å². The highest BCUT2D eigenvalue weighted by Crippen LogP contribution is 2.23.